The lowest BCUT2D eigenvalue weighted by molar-refractivity contribution is -0.166. The van der Waals surface area contributed by atoms with E-state index < -0.39 is 11.7 Å². The lowest BCUT2D eigenvalue weighted by atomic mass is 10.2. The lowest BCUT2D eigenvalue weighted by Crippen LogP contribution is -2.24. The minimum Gasteiger partial charge on any atom is -0.491 e. The van der Waals surface area contributed by atoms with E-state index in [9.17, 15) is 13.2 Å². The summed E-state index contributed by atoms with van der Waals surface area (Å²) in [4.78, 5) is 0. The summed E-state index contributed by atoms with van der Waals surface area (Å²) < 4.78 is 54.9. The third kappa shape index (κ3) is 5.16. The monoisotopic (exact) mass is 368 g/mol. The predicted octanol–water partition coefficient (Wildman–Crippen LogP) is 4.39. The van der Waals surface area contributed by atoms with E-state index in [-0.39, 0.29) is 25.3 Å². The van der Waals surface area contributed by atoms with Gasteiger partial charge in [0, 0.05) is 11.1 Å². The van der Waals surface area contributed by atoms with E-state index in [1.807, 2.05) is 0 Å². The summed E-state index contributed by atoms with van der Waals surface area (Å²) in [6, 6.07) is 3.81. The van der Waals surface area contributed by atoms with Gasteiger partial charge < -0.3 is 14.2 Å². The van der Waals surface area contributed by atoms with E-state index in [1.165, 1.54) is 12.1 Å². The molecule has 1 aromatic rings. The number of alkyl halides is 3. The maximum Gasteiger partial charge on any atom is 0.420 e. The van der Waals surface area contributed by atoms with Crippen LogP contribution in [-0.2, 0) is 15.7 Å². The van der Waals surface area contributed by atoms with E-state index in [1.54, 1.807) is 0 Å². The second-order valence-corrected chi connectivity index (χ2v) is 5.57. The normalized spacial score (nSPS) is 19.5. The van der Waals surface area contributed by atoms with Gasteiger partial charge in [0.25, 0.3) is 0 Å². The van der Waals surface area contributed by atoms with Crippen LogP contribution in [0.25, 0.3) is 0 Å². The zero-order chi connectivity index (χ0) is 15.3. The predicted molar refractivity (Wildman–Crippen MR) is 74.2 cm³/mol. The molecule has 1 aliphatic heterocycles. The first-order valence-electron chi connectivity index (χ1n) is 6.69. The van der Waals surface area contributed by atoms with Crippen molar-refractivity contribution >= 4 is 15.9 Å². The van der Waals surface area contributed by atoms with Crippen molar-refractivity contribution in [3.05, 3.63) is 28.2 Å². The van der Waals surface area contributed by atoms with Crippen molar-refractivity contribution < 1.29 is 27.4 Å². The highest BCUT2D eigenvalue weighted by atomic mass is 79.9. The molecule has 1 unspecified atom stereocenters. The van der Waals surface area contributed by atoms with Crippen molar-refractivity contribution in [2.45, 2.75) is 31.7 Å². The van der Waals surface area contributed by atoms with Crippen LogP contribution in [0.1, 0.15) is 24.8 Å². The topological polar surface area (TPSA) is 27.7 Å². The van der Waals surface area contributed by atoms with Gasteiger partial charge in [-0.3, -0.25) is 0 Å². The summed E-state index contributed by atoms with van der Waals surface area (Å²) in [6.07, 6.45) is -1.85. The van der Waals surface area contributed by atoms with Gasteiger partial charge in [-0.25, -0.2) is 0 Å². The molecule has 2 rings (SSSR count). The van der Waals surface area contributed by atoms with Gasteiger partial charge in [0.15, 0.2) is 6.29 Å². The summed E-state index contributed by atoms with van der Waals surface area (Å²) in [7, 11) is 0. The Hall–Kier alpha value is -0.790. The van der Waals surface area contributed by atoms with Gasteiger partial charge in [0.05, 0.1) is 12.2 Å². The smallest absolute Gasteiger partial charge is 0.420 e. The van der Waals surface area contributed by atoms with Crippen LogP contribution in [0, 0.1) is 0 Å². The number of hydrogen-bond acceptors (Lipinski definition) is 3. The van der Waals surface area contributed by atoms with Gasteiger partial charge in [-0.1, -0.05) is 15.9 Å². The molecule has 1 aromatic carbocycles. The highest BCUT2D eigenvalue weighted by Crippen LogP contribution is 2.37. The lowest BCUT2D eigenvalue weighted by Gasteiger charge is -2.22. The van der Waals surface area contributed by atoms with Gasteiger partial charge in [-0.05, 0) is 37.5 Å². The number of halogens is 4. The molecular weight excluding hydrogens is 353 g/mol. The zero-order valence-electron chi connectivity index (χ0n) is 11.3. The Kier molecular flexibility index (Phi) is 5.89. The van der Waals surface area contributed by atoms with Crippen molar-refractivity contribution in [2.75, 3.05) is 19.8 Å². The van der Waals surface area contributed by atoms with Crippen LogP contribution in [0.15, 0.2) is 22.7 Å². The summed E-state index contributed by atoms with van der Waals surface area (Å²) >= 11 is 3.03. The fourth-order valence-electron chi connectivity index (χ4n) is 2.02. The molecule has 0 radical (unpaired) electrons. The first-order valence-corrected chi connectivity index (χ1v) is 7.49. The molecule has 0 spiro atoms. The molecule has 21 heavy (non-hydrogen) atoms. The Morgan fingerprint density at radius 1 is 1.24 bits per heavy atom. The molecule has 1 fully saturated rings. The van der Waals surface area contributed by atoms with E-state index in [0.29, 0.717) is 11.1 Å². The van der Waals surface area contributed by atoms with E-state index in [2.05, 4.69) is 15.9 Å². The fraction of sp³-hybridized carbons (Fsp3) is 0.571. The Bertz CT molecular complexity index is 459. The van der Waals surface area contributed by atoms with Crippen LogP contribution in [0.3, 0.4) is 0 Å². The minimum absolute atomic E-state index is 0.0462. The molecule has 0 saturated carbocycles. The third-order valence-corrected chi connectivity index (χ3v) is 3.52. The summed E-state index contributed by atoms with van der Waals surface area (Å²) in [5.41, 5.74) is -0.800. The molecule has 118 valence electrons. The SMILES string of the molecule is FC(F)(F)c1cc(Br)ccc1OCCOC1CCCCO1. The van der Waals surface area contributed by atoms with Crippen molar-refractivity contribution in [1.29, 1.82) is 0 Å². The fourth-order valence-corrected chi connectivity index (χ4v) is 2.38. The molecule has 3 nitrogen and oxygen atoms in total. The highest BCUT2D eigenvalue weighted by molar-refractivity contribution is 9.10. The summed E-state index contributed by atoms with van der Waals surface area (Å²) in [6.45, 7) is 0.902. The molecule has 0 aliphatic carbocycles. The summed E-state index contributed by atoms with van der Waals surface area (Å²) in [5, 5.41) is 0. The average molecular weight is 369 g/mol. The van der Waals surface area contributed by atoms with Crippen LogP contribution in [-0.4, -0.2) is 26.1 Å². The van der Waals surface area contributed by atoms with Crippen LogP contribution in [0.5, 0.6) is 5.75 Å². The first kappa shape index (κ1) is 16.6. The van der Waals surface area contributed by atoms with Crippen molar-refractivity contribution in [3.63, 3.8) is 0 Å². The molecule has 1 atom stereocenters. The van der Waals surface area contributed by atoms with Crippen LogP contribution >= 0.6 is 15.9 Å². The van der Waals surface area contributed by atoms with Crippen molar-refractivity contribution in [1.82, 2.24) is 0 Å². The number of ether oxygens (including phenoxy) is 3. The standard InChI is InChI=1S/C14H16BrF3O3/c15-10-4-5-12(11(9-10)14(16,17)18)19-7-8-21-13-3-1-2-6-20-13/h4-5,9,13H,1-3,6-8H2. The van der Waals surface area contributed by atoms with Gasteiger partial charge in [0.2, 0.25) is 0 Å². The molecule has 1 heterocycles. The molecule has 1 aliphatic rings. The Morgan fingerprint density at radius 3 is 2.71 bits per heavy atom. The quantitative estimate of drug-likeness (QED) is 0.721. The molecule has 0 aromatic heterocycles. The third-order valence-electron chi connectivity index (χ3n) is 3.03. The Morgan fingerprint density at radius 2 is 2.05 bits per heavy atom. The molecule has 0 N–H and O–H groups in total. The molecule has 0 amide bonds. The Balaban J connectivity index is 1.85. The first-order chi connectivity index (χ1) is 9.97. The maximum absolute atomic E-state index is 12.9. The number of hydrogen-bond donors (Lipinski definition) is 0. The zero-order valence-corrected chi connectivity index (χ0v) is 12.9. The van der Waals surface area contributed by atoms with Crippen LogP contribution in [0.4, 0.5) is 13.2 Å². The Labute approximate surface area is 129 Å². The van der Waals surface area contributed by atoms with Crippen molar-refractivity contribution in [3.8, 4) is 5.75 Å². The number of benzene rings is 1. The summed E-state index contributed by atoms with van der Waals surface area (Å²) in [5.74, 6) is -0.195. The largest absolute Gasteiger partial charge is 0.491 e. The molecule has 1 saturated heterocycles. The number of rotatable bonds is 5. The average Bonchev–Trinajstić information content (AvgIpc) is 2.45. The highest BCUT2D eigenvalue weighted by Gasteiger charge is 2.34. The van der Waals surface area contributed by atoms with E-state index >= 15 is 0 Å². The van der Waals surface area contributed by atoms with Gasteiger partial charge in [0.1, 0.15) is 12.4 Å². The van der Waals surface area contributed by atoms with Crippen molar-refractivity contribution in [2.24, 2.45) is 0 Å². The van der Waals surface area contributed by atoms with E-state index in [4.69, 9.17) is 14.2 Å². The second kappa shape index (κ2) is 7.47. The van der Waals surface area contributed by atoms with Gasteiger partial charge >= 0.3 is 6.18 Å². The maximum atomic E-state index is 12.9. The minimum atomic E-state index is -4.45. The molecular formula is C14H16BrF3O3. The molecule has 0 bridgehead atoms. The van der Waals surface area contributed by atoms with E-state index in [0.717, 1.165) is 25.3 Å². The molecule has 7 heteroatoms. The van der Waals surface area contributed by atoms with Crippen LogP contribution in [0.2, 0.25) is 0 Å². The van der Waals surface area contributed by atoms with Gasteiger partial charge in [-0.15, -0.1) is 0 Å². The second-order valence-electron chi connectivity index (χ2n) is 4.65. The van der Waals surface area contributed by atoms with Crippen LogP contribution < -0.4 is 4.74 Å². The van der Waals surface area contributed by atoms with Gasteiger partial charge in [-0.2, -0.15) is 13.2 Å².